The molecule has 4 N–H and O–H groups in total. The van der Waals surface area contributed by atoms with Crippen LogP contribution in [-0.4, -0.2) is 88.8 Å². The van der Waals surface area contributed by atoms with E-state index in [0.29, 0.717) is 24.6 Å². The highest BCUT2D eigenvalue weighted by atomic mass is 32.1. The summed E-state index contributed by atoms with van der Waals surface area (Å²) in [6.45, 7) is 6.22. The average molecular weight is 546 g/mol. The number of halogens is 3. The quantitative estimate of drug-likeness (QED) is 0.237. The second-order valence-corrected chi connectivity index (χ2v) is 9.34. The van der Waals surface area contributed by atoms with Crippen LogP contribution in [0.5, 0.6) is 5.88 Å². The number of aromatic carboxylic acids is 1. The van der Waals surface area contributed by atoms with Crippen LogP contribution >= 0.6 is 11.5 Å². The fraction of sp³-hybridized carbons (Fsp3) is 0.522. The Kier molecular flexibility index (Phi) is 10.5. The molecule has 2 heterocycles. The van der Waals surface area contributed by atoms with Gasteiger partial charge in [-0.3, -0.25) is 10.2 Å². The summed E-state index contributed by atoms with van der Waals surface area (Å²) in [5, 5.41) is 23.5. The third-order valence-corrected chi connectivity index (χ3v) is 6.70. The summed E-state index contributed by atoms with van der Waals surface area (Å²) >= 11 is 0.632. The number of carboxylic acids is 1. The summed E-state index contributed by atoms with van der Waals surface area (Å²) in [7, 11) is 0. The molecule has 1 fully saturated rings. The molecule has 0 unspecified atom stereocenters. The maximum Gasteiger partial charge on any atom is 0.344 e. The van der Waals surface area contributed by atoms with Gasteiger partial charge in [0, 0.05) is 39.3 Å². The Morgan fingerprint density at radius 2 is 1.78 bits per heavy atom. The van der Waals surface area contributed by atoms with E-state index in [4.69, 9.17) is 9.84 Å². The number of rotatable bonds is 12. The van der Waals surface area contributed by atoms with Crippen molar-refractivity contribution in [3.05, 3.63) is 40.2 Å². The zero-order valence-corrected chi connectivity index (χ0v) is 21.2. The molecule has 1 aliphatic heterocycles. The van der Waals surface area contributed by atoms with E-state index in [-0.39, 0.29) is 17.2 Å². The van der Waals surface area contributed by atoms with Gasteiger partial charge in [0.05, 0.1) is 12.2 Å². The molecule has 0 bridgehead atoms. The molecule has 1 aromatic carbocycles. The van der Waals surface area contributed by atoms with Crippen LogP contribution in [0, 0.1) is 24.4 Å². The molecule has 3 rings (SSSR count). The van der Waals surface area contributed by atoms with Gasteiger partial charge in [-0.05, 0) is 49.5 Å². The number of amides is 2. The number of β-amino-alcohol motifs (C(OH)–C–C–N with tert-alkyl or cyclic N) is 1. The lowest BCUT2D eigenvalue weighted by molar-refractivity contribution is 0.0693. The monoisotopic (exact) mass is 545 g/mol. The fourth-order valence-corrected chi connectivity index (χ4v) is 4.58. The minimum Gasteiger partial charge on any atom is -0.477 e. The van der Waals surface area contributed by atoms with Crippen LogP contribution in [0.3, 0.4) is 0 Å². The molecule has 0 radical (unpaired) electrons. The number of aryl methyl sites for hydroxylation is 1. The highest BCUT2D eigenvalue weighted by Crippen LogP contribution is 2.31. The van der Waals surface area contributed by atoms with E-state index in [0.717, 1.165) is 51.6 Å². The van der Waals surface area contributed by atoms with E-state index in [1.165, 1.54) is 6.92 Å². The number of urea groups is 1. The largest absolute Gasteiger partial charge is 0.477 e. The van der Waals surface area contributed by atoms with Crippen molar-refractivity contribution < 1.29 is 37.7 Å². The van der Waals surface area contributed by atoms with Crippen LogP contribution in [0.4, 0.5) is 23.0 Å². The van der Waals surface area contributed by atoms with Crippen molar-refractivity contribution in [2.24, 2.45) is 0 Å². The number of aliphatic hydroxyl groups excluding tert-OH is 1. The van der Waals surface area contributed by atoms with Gasteiger partial charge in [0.1, 0.15) is 17.4 Å². The summed E-state index contributed by atoms with van der Waals surface area (Å²) in [5.41, 5.74) is -1.39. The molecule has 0 aliphatic carbocycles. The molecular formula is C23H30F3N5O5S. The zero-order chi connectivity index (χ0) is 26.9. The molecule has 1 aliphatic rings. The number of hydrogen-bond acceptors (Lipinski definition) is 8. The number of piperazine rings is 1. The molecule has 10 nitrogen and oxygen atoms in total. The molecule has 0 spiro atoms. The summed E-state index contributed by atoms with van der Waals surface area (Å²) in [5.74, 6) is -5.60. The van der Waals surface area contributed by atoms with E-state index in [1.807, 2.05) is 0 Å². The zero-order valence-electron chi connectivity index (χ0n) is 20.4. The highest BCUT2D eigenvalue weighted by molar-refractivity contribution is 7.11. The van der Waals surface area contributed by atoms with E-state index in [2.05, 4.69) is 24.8 Å². The molecule has 14 heteroatoms. The molecule has 2 amide bonds. The van der Waals surface area contributed by atoms with E-state index < -0.39 is 53.1 Å². The average Bonchev–Trinajstić information content (AvgIpc) is 3.26. The van der Waals surface area contributed by atoms with Gasteiger partial charge >= 0.3 is 12.0 Å². The van der Waals surface area contributed by atoms with Crippen LogP contribution in [-0.2, 0) is 6.61 Å². The third kappa shape index (κ3) is 7.77. The number of carbonyl (C=O) groups is 2. The van der Waals surface area contributed by atoms with Gasteiger partial charge in [-0.2, -0.15) is 4.37 Å². The molecule has 204 valence electrons. The lowest BCUT2D eigenvalue weighted by Gasteiger charge is -2.34. The van der Waals surface area contributed by atoms with Crippen molar-refractivity contribution in [1.29, 1.82) is 0 Å². The summed E-state index contributed by atoms with van der Waals surface area (Å²) in [6, 6.07) is 0.181. The van der Waals surface area contributed by atoms with Crippen molar-refractivity contribution in [3.8, 4) is 5.88 Å². The van der Waals surface area contributed by atoms with Crippen molar-refractivity contribution in [2.45, 2.75) is 26.4 Å². The van der Waals surface area contributed by atoms with Crippen LogP contribution in [0.2, 0.25) is 0 Å². The Hall–Kier alpha value is -2.94. The first-order valence-electron chi connectivity index (χ1n) is 11.8. The van der Waals surface area contributed by atoms with Gasteiger partial charge in [-0.25, -0.2) is 22.8 Å². The number of carboxylic acid groups (broad SMARTS) is 1. The Balaban J connectivity index is 1.46. The first-order chi connectivity index (χ1) is 17.7. The molecule has 0 saturated carbocycles. The summed E-state index contributed by atoms with van der Waals surface area (Å²) in [6.07, 6.45) is 1.59. The second-order valence-electron chi connectivity index (χ2n) is 8.56. The second kappa shape index (κ2) is 13.6. The minimum atomic E-state index is -1.46. The SMILES string of the molecule is Cc1cc(F)c(COc2nsc(NC(=O)NCCCCN3CCN(CCO)CC3)c2C(=O)O)c(F)c1F. The first-order valence-corrected chi connectivity index (χ1v) is 12.6. The van der Waals surface area contributed by atoms with E-state index >= 15 is 0 Å². The molecule has 0 atom stereocenters. The van der Waals surface area contributed by atoms with Crippen molar-refractivity contribution in [1.82, 2.24) is 19.5 Å². The first kappa shape index (κ1) is 28.6. The number of benzene rings is 1. The number of aliphatic hydroxyl groups is 1. The van der Waals surface area contributed by atoms with Crippen molar-refractivity contribution >= 4 is 28.5 Å². The standard InChI is InChI=1S/C23H30F3N5O5S/c1-14-12-16(24)15(19(26)18(14)25)13-36-20-17(22(33)34)21(37-29-20)28-23(35)27-4-2-3-5-30-6-8-31(9-7-30)10-11-32/h12,32H,2-11,13H2,1H3,(H,33,34)(H2,27,28,35). The Labute approximate surface area is 216 Å². The van der Waals surface area contributed by atoms with E-state index in [9.17, 15) is 27.9 Å². The lowest BCUT2D eigenvalue weighted by Crippen LogP contribution is -2.47. The van der Waals surface area contributed by atoms with Crippen molar-refractivity contribution in [2.75, 3.05) is 57.7 Å². The smallest absolute Gasteiger partial charge is 0.344 e. The van der Waals surface area contributed by atoms with Crippen LogP contribution in [0.1, 0.15) is 34.3 Å². The van der Waals surface area contributed by atoms with Gasteiger partial charge in [0.25, 0.3) is 0 Å². The number of anilines is 1. The number of hydrogen-bond donors (Lipinski definition) is 4. The molecule has 1 saturated heterocycles. The maximum atomic E-state index is 14.1. The number of carbonyl (C=O) groups excluding carboxylic acids is 1. The Bertz CT molecular complexity index is 1100. The van der Waals surface area contributed by atoms with Gasteiger partial charge in [-0.15, -0.1) is 0 Å². The Morgan fingerprint density at radius 3 is 2.43 bits per heavy atom. The fourth-order valence-electron chi connectivity index (χ4n) is 3.86. The van der Waals surface area contributed by atoms with Crippen LogP contribution in [0.15, 0.2) is 6.07 Å². The molecular weight excluding hydrogens is 515 g/mol. The number of ether oxygens (including phenoxy) is 1. The molecule has 37 heavy (non-hydrogen) atoms. The van der Waals surface area contributed by atoms with Gasteiger partial charge in [0.15, 0.2) is 17.2 Å². The topological polar surface area (TPSA) is 127 Å². The normalized spacial score (nSPS) is 14.5. The number of unbranched alkanes of at least 4 members (excludes halogenated alkanes) is 1. The van der Waals surface area contributed by atoms with Crippen LogP contribution in [0.25, 0.3) is 0 Å². The van der Waals surface area contributed by atoms with E-state index in [1.54, 1.807) is 0 Å². The molecule has 1 aromatic heterocycles. The maximum absolute atomic E-state index is 14.1. The highest BCUT2D eigenvalue weighted by Gasteiger charge is 2.25. The Morgan fingerprint density at radius 1 is 1.11 bits per heavy atom. The summed E-state index contributed by atoms with van der Waals surface area (Å²) < 4.78 is 50.9. The van der Waals surface area contributed by atoms with Gasteiger partial charge < -0.3 is 25.2 Å². The lowest BCUT2D eigenvalue weighted by atomic mass is 10.1. The minimum absolute atomic E-state index is 0.114. The predicted octanol–water partition coefficient (Wildman–Crippen LogP) is 2.66. The third-order valence-electron chi connectivity index (χ3n) is 5.96. The predicted molar refractivity (Wildman–Crippen MR) is 131 cm³/mol. The van der Waals surface area contributed by atoms with Crippen LogP contribution < -0.4 is 15.4 Å². The number of nitrogens with one attached hydrogen (secondary N) is 2. The van der Waals surface area contributed by atoms with Gasteiger partial charge in [-0.1, -0.05) is 0 Å². The van der Waals surface area contributed by atoms with Gasteiger partial charge in [0.2, 0.25) is 5.88 Å². The number of nitrogens with zero attached hydrogens (tertiary/aromatic N) is 3. The summed E-state index contributed by atoms with van der Waals surface area (Å²) in [4.78, 5) is 28.5. The number of aromatic nitrogens is 1. The van der Waals surface area contributed by atoms with Crippen molar-refractivity contribution in [3.63, 3.8) is 0 Å². The molecule has 2 aromatic rings.